The molecule has 118 valence electrons. The predicted octanol–water partition coefficient (Wildman–Crippen LogP) is 1.79. The van der Waals surface area contributed by atoms with Gasteiger partial charge >= 0.3 is 6.09 Å². The number of alkyl carbamates (subject to hydrolysis) is 1. The molecular weight excluding hydrogens is 292 g/mol. The molecule has 1 aliphatic rings. The first-order valence-corrected chi connectivity index (χ1v) is 7.70. The van der Waals surface area contributed by atoms with Crippen LogP contribution in [0.2, 0.25) is 0 Å². The minimum atomic E-state index is -0.476. The summed E-state index contributed by atoms with van der Waals surface area (Å²) in [7, 11) is 1.62. The Labute approximate surface area is 128 Å². The standard InChI is InChI=1S/C13H22N4O3S/c1-13(2,3)20-12(18)14-9-5-6-17(7-9)11-15-10(8-19-4)16-21-11/h9H,5-8H2,1-4H3,(H,14,18)/t9-/m0/s1. The van der Waals surface area contributed by atoms with Crippen LogP contribution in [0.5, 0.6) is 0 Å². The quantitative estimate of drug-likeness (QED) is 0.913. The van der Waals surface area contributed by atoms with E-state index in [2.05, 4.69) is 19.6 Å². The minimum Gasteiger partial charge on any atom is -0.444 e. The summed E-state index contributed by atoms with van der Waals surface area (Å²) in [6, 6.07) is 0.0784. The van der Waals surface area contributed by atoms with Crippen LogP contribution in [0.15, 0.2) is 0 Å². The SMILES string of the molecule is COCc1nsc(N2CC[C@H](NC(=O)OC(C)(C)C)C2)n1. The van der Waals surface area contributed by atoms with Crippen molar-refractivity contribution in [2.75, 3.05) is 25.1 Å². The third-order valence-electron chi connectivity index (χ3n) is 2.91. The number of methoxy groups -OCH3 is 1. The Hall–Kier alpha value is -1.41. The number of amides is 1. The molecule has 0 unspecified atom stereocenters. The summed E-state index contributed by atoms with van der Waals surface area (Å²) in [6.45, 7) is 7.55. The van der Waals surface area contributed by atoms with Crippen LogP contribution in [0.1, 0.15) is 33.0 Å². The largest absolute Gasteiger partial charge is 0.444 e. The van der Waals surface area contributed by atoms with Gasteiger partial charge in [0.05, 0.1) is 6.04 Å². The van der Waals surface area contributed by atoms with E-state index in [0.29, 0.717) is 12.4 Å². The number of hydrogen-bond acceptors (Lipinski definition) is 7. The van der Waals surface area contributed by atoms with E-state index in [1.165, 1.54) is 11.5 Å². The van der Waals surface area contributed by atoms with Crippen LogP contribution >= 0.6 is 11.5 Å². The number of anilines is 1. The molecule has 0 radical (unpaired) electrons. The first-order valence-electron chi connectivity index (χ1n) is 6.93. The zero-order valence-electron chi connectivity index (χ0n) is 12.9. The number of nitrogens with one attached hydrogen (secondary N) is 1. The van der Waals surface area contributed by atoms with Gasteiger partial charge in [-0.3, -0.25) is 0 Å². The predicted molar refractivity (Wildman–Crippen MR) is 80.6 cm³/mol. The van der Waals surface area contributed by atoms with E-state index < -0.39 is 5.60 Å². The highest BCUT2D eigenvalue weighted by Gasteiger charge is 2.27. The van der Waals surface area contributed by atoms with Crippen molar-refractivity contribution in [1.29, 1.82) is 0 Å². The lowest BCUT2D eigenvalue weighted by molar-refractivity contribution is 0.0509. The third-order valence-corrected chi connectivity index (χ3v) is 3.73. The molecule has 0 aliphatic carbocycles. The second-order valence-corrected chi connectivity index (χ2v) is 6.73. The number of carbonyl (C=O) groups excluding carboxylic acids is 1. The van der Waals surface area contributed by atoms with E-state index in [1.54, 1.807) is 7.11 Å². The van der Waals surface area contributed by atoms with Gasteiger partial charge in [-0.1, -0.05) is 0 Å². The molecule has 1 amide bonds. The average Bonchev–Trinajstić information content (AvgIpc) is 2.95. The Morgan fingerprint density at radius 1 is 1.52 bits per heavy atom. The number of nitrogens with zero attached hydrogens (tertiary/aromatic N) is 3. The van der Waals surface area contributed by atoms with Crippen molar-refractivity contribution in [3.63, 3.8) is 0 Å². The van der Waals surface area contributed by atoms with E-state index in [4.69, 9.17) is 9.47 Å². The Bertz CT molecular complexity index is 486. The maximum Gasteiger partial charge on any atom is 0.407 e. The molecule has 1 aliphatic heterocycles. The highest BCUT2D eigenvalue weighted by atomic mass is 32.1. The van der Waals surface area contributed by atoms with E-state index in [9.17, 15) is 4.79 Å². The normalized spacial score (nSPS) is 18.9. The van der Waals surface area contributed by atoms with Crippen molar-refractivity contribution >= 4 is 22.8 Å². The molecule has 1 N–H and O–H groups in total. The number of carbonyl (C=O) groups is 1. The molecule has 1 fully saturated rings. The molecule has 21 heavy (non-hydrogen) atoms. The smallest absolute Gasteiger partial charge is 0.407 e. The topological polar surface area (TPSA) is 76.6 Å². The van der Waals surface area contributed by atoms with Crippen molar-refractivity contribution in [3.8, 4) is 0 Å². The summed E-state index contributed by atoms with van der Waals surface area (Å²) in [4.78, 5) is 18.3. The molecule has 2 heterocycles. The van der Waals surface area contributed by atoms with E-state index in [-0.39, 0.29) is 12.1 Å². The molecule has 0 saturated carbocycles. The van der Waals surface area contributed by atoms with Crippen LogP contribution in [-0.4, -0.2) is 47.3 Å². The fourth-order valence-electron chi connectivity index (χ4n) is 2.09. The maximum atomic E-state index is 11.8. The van der Waals surface area contributed by atoms with Gasteiger partial charge in [-0.2, -0.15) is 4.37 Å². The van der Waals surface area contributed by atoms with Crippen molar-refractivity contribution in [3.05, 3.63) is 5.82 Å². The fraction of sp³-hybridized carbons (Fsp3) is 0.769. The molecule has 1 aromatic heterocycles. The Morgan fingerprint density at radius 3 is 2.95 bits per heavy atom. The Morgan fingerprint density at radius 2 is 2.29 bits per heavy atom. The van der Waals surface area contributed by atoms with Crippen LogP contribution in [0.25, 0.3) is 0 Å². The zero-order chi connectivity index (χ0) is 15.5. The lowest BCUT2D eigenvalue weighted by Gasteiger charge is -2.21. The molecule has 1 aromatic rings. The van der Waals surface area contributed by atoms with Gasteiger partial charge in [-0.05, 0) is 27.2 Å². The molecule has 0 spiro atoms. The number of aromatic nitrogens is 2. The fourth-order valence-corrected chi connectivity index (χ4v) is 2.80. The number of ether oxygens (including phenoxy) is 2. The molecule has 0 aromatic carbocycles. The van der Waals surface area contributed by atoms with E-state index in [1.807, 2.05) is 20.8 Å². The summed E-state index contributed by atoms with van der Waals surface area (Å²) in [5.41, 5.74) is -0.476. The summed E-state index contributed by atoms with van der Waals surface area (Å²) in [6.07, 6.45) is 0.505. The van der Waals surface area contributed by atoms with Crippen molar-refractivity contribution in [1.82, 2.24) is 14.7 Å². The van der Waals surface area contributed by atoms with E-state index in [0.717, 1.165) is 24.6 Å². The second kappa shape index (κ2) is 6.57. The Kier molecular flexibility index (Phi) is 5.00. The molecule has 0 bridgehead atoms. The summed E-state index contributed by atoms with van der Waals surface area (Å²) >= 11 is 1.36. The molecule has 1 saturated heterocycles. The van der Waals surface area contributed by atoms with Gasteiger partial charge in [-0.25, -0.2) is 9.78 Å². The molecule has 8 heteroatoms. The lowest BCUT2D eigenvalue weighted by Crippen LogP contribution is -2.40. The average molecular weight is 314 g/mol. The molecule has 1 atom stereocenters. The van der Waals surface area contributed by atoms with Crippen LogP contribution in [0.3, 0.4) is 0 Å². The van der Waals surface area contributed by atoms with Crippen LogP contribution in [0, 0.1) is 0 Å². The minimum absolute atomic E-state index is 0.0784. The van der Waals surface area contributed by atoms with Gasteiger partial charge in [-0.15, -0.1) is 0 Å². The van der Waals surface area contributed by atoms with Gasteiger partial charge < -0.3 is 19.7 Å². The van der Waals surface area contributed by atoms with Crippen molar-refractivity contribution < 1.29 is 14.3 Å². The molecular formula is C13H22N4O3S. The van der Waals surface area contributed by atoms with Crippen LogP contribution < -0.4 is 10.2 Å². The van der Waals surface area contributed by atoms with Gasteiger partial charge in [0.2, 0.25) is 5.13 Å². The first kappa shape index (κ1) is 16.0. The van der Waals surface area contributed by atoms with Crippen LogP contribution in [-0.2, 0) is 16.1 Å². The highest BCUT2D eigenvalue weighted by molar-refractivity contribution is 7.09. The summed E-state index contributed by atoms with van der Waals surface area (Å²) < 4.78 is 14.5. The van der Waals surface area contributed by atoms with Gasteiger partial charge in [0.25, 0.3) is 0 Å². The Balaban J connectivity index is 1.84. The third kappa shape index (κ3) is 4.82. The highest BCUT2D eigenvalue weighted by Crippen LogP contribution is 2.22. The molecule has 7 nitrogen and oxygen atoms in total. The summed E-state index contributed by atoms with van der Waals surface area (Å²) in [5, 5.41) is 3.77. The van der Waals surface area contributed by atoms with Gasteiger partial charge in [0, 0.05) is 31.7 Å². The van der Waals surface area contributed by atoms with Crippen LogP contribution in [0.4, 0.5) is 9.93 Å². The van der Waals surface area contributed by atoms with Crippen molar-refractivity contribution in [2.45, 2.75) is 45.4 Å². The van der Waals surface area contributed by atoms with E-state index >= 15 is 0 Å². The number of hydrogen-bond donors (Lipinski definition) is 1. The zero-order valence-corrected chi connectivity index (χ0v) is 13.7. The monoisotopic (exact) mass is 314 g/mol. The summed E-state index contributed by atoms with van der Waals surface area (Å²) in [5.74, 6) is 0.695. The van der Waals surface area contributed by atoms with Gasteiger partial charge in [0.1, 0.15) is 12.2 Å². The maximum absolute atomic E-state index is 11.8. The van der Waals surface area contributed by atoms with Gasteiger partial charge in [0.15, 0.2) is 5.82 Å². The first-order chi connectivity index (χ1) is 9.87. The number of rotatable bonds is 4. The lowest BCUT2D eigenvalue weighted by atomic mass is 10.2. The van der Waals surface area contributed by atoms with Crippen molar-refractivity contribution in [2.24, 2.45) is 0 Å². The molecule has 2 rings (SSSR count). The second-order valence-electron chi connectivity index (χ2n) is 6.00.